The number of rotatable bonds is 2. The van der Waals surface area contributed by atoms with Crippen LogP contribution in [0.25, 0.3) is 22.5 Å². The minimum absolute atomic E-state index is 0. The Morgan fingerprint density at radius 2 is 0.947 bits per heavy atom. The van der Waals surface area contributed by atoms with Gasteiger partial charge in [0, 0.05) is 30.5 Å². The van der Waals surface area contributed by atoms with Crippen molar-refractivity contribution in [2.45, 2.75) is 0 Å². The molecular weight excluding hydrogens is 647 g/mol. The maximum absolute atomic E-state index is 8.61. The number of phenolic OH excluding ortho intramolecular Hbond substituents is 1. The molecule has 0 amide bonds. The van der Waals surface area contributed by atoms with Gasteiger partial charge in [0.1, 0.15) is 0 Å². The van der Waals surface area contributed by atoms with Crippen molar-refractivity contribution in [3.05, 3.63) is 170 Å². The van der Waals surface area contributed by atoms with Gasteiger partial charge in [0.05, 0.1) is 0 Å². The minimum atomic E-state index is 0. The van der Waals surface area contributed by atoms with Crippen LogP contribution in [-0.2, 0) is 20.1 Å². The maximum Gasteiger partial charge on any atom is 3.00 e. The summed E-state index contributed by atoms with van der Waals surface area (Å²) in [5.41, 5.74) is 4.02. The summed E-state index contributed by atoms with van der Waals surface area (Å²) in [6.45, 7) is 0. The van der Waals surface area contributed by atoms with E-state index in [0.29, 0.717) is 5.75 Å². The van der Waals surface area contributed by atoms with Gasteiger partial charge in [0.15, 0.2) is 0 Å². The molecular formula is C33H26IrN3O. The van der Waals surface area contributed by atoms with Crippen LogP contribution in [-0.4, -0.2) is 20.1 Å². The van der Waals surface area contributed by atoms with Gasteiger partial charge in [-0.3, -0.25) is 4.98 Å². The van der Waals surface area contributed by atoms with Crippen LogP contribution in [0, 0.1) is 18.2 Å². The number of hydrogen-bond acceptors (Lipinski definition) is 4. The number of aromatic nitrogens is 3. The standard InChI is InChI=1S/2C11H8N.C6H5O.C5H5N.Ir/c2*1-2-6-10(7-3-1)11-8-4-5-9-12-11;7-6-4-2-1-3-5-6;1-2-4-6-5-3-1;/h2*1-6,8-9H;2-5,7H;1-5H;/q3*-1;;+3. The van der Waals surface area contributed by atoms with Crippen molar-refractivity contribution in [1.29, 1.82) is 0 Å². The zero-order valence-corrected chi connectivity index (χ0v) is 23.0. The second-order valence-electron chi connectivity index (χ2n) is 7.27. The monoisotopic (exact) mass is 673 g/mol. The summed E-state index contributed by atoms with van der Waals surface area (Å²) in [6, 6.07) is 48.6. The van der Waals surface area contributed by atoms with Gasteiger partial charge in [-0.2, -0.15) is 18.2 Å². The van der Waals surface area contributed by atoms with Crippen molar-refractivity contribution < 1.29 is 25.2 Å². The molecule has 0 bridgehead atoms. The van der Waals surface area contributed by atoms with E-state index in [1.807, 2.05) is 103 Å². The molecule has 38 heavy (non-hydrogen) atoms. The molecule has 4 nitrogen and oxygen atoms in total. The molecule has 6 aromatic rings. The third kappa shape index (κ3) is 12.0. The van der Waals surface area contributed by atoms with E-state index in [2.05, 4.69) is 33.2 Å². The zero-order valence-electron chi connectivity index (χ0n) is 20.6. The van der Waals surface area contributed by atoms with Crippen molar-refractivity contribution in [3.63, 3.8) is 0 Å². The summed E-state index contributed by atoms with van der Waals surface area (Å²) in [7, 11) is 0. The second kappa shape index (κ2) is 18.8. The molecule has 0 aliphatic carbocycles. The minimum Gasteiger partial charge on any atom is -0.533 e. The molecule has 3 heterocycles. The molecule has 188 valence electrons. The van der Waals surface area contributed by atoms with E-state index in [1.165, 1.54) is 0 Å². The quantitative estimate of drug-likeness (QED) is 0.195. The Bertz CT molecular complexity index is 1170. The first-order valence-electron chi connectivity index (χ1n) is 11.6. The van der Waals surface area contributed by atoms with E-state index in [9.17, 15) is 0 Å². The van der Waals surface area contributed by atoms with Gasteiger partial charge in [-0.25, -0.2) is 0 Å². The van der Waals surface area contributed by atoms with Gasteiger partial charge >= 0.3 is 20.1 Å². The first kappa shape index (κ1) is 29.8. The number of aromatic hydroxyl groups is 1. The van der Waals surface area contributed by atoms with Crippen LogP contribution in [0.2, 0.25) is 0 Å². The largest absolute Gasteiger partial charge is 3.00 e. The summed E-state index contributed by atoms with van der Waals surface area (Å²) in [6.07, 6.45) is 7.08. The average molecular weight is 673 g/mol. The van der Waals surface area contributed by atoms with E-state index in [1.54, 1.807) is 49.1 Å². The molecule has 3 aromatic heterocycles. The number of pyridine rings is 3. The molecule has 1 N–H and O–H groups in total. The Labute approximate surface area is 238 Å². The predicted molar refractivity (Wildman–Crippen MR) is 148 cm³/mol. The van der Waals surface area contributed by atoms with E-state index in [4.69, 9.17) is 5.11 Å². The Kier molecular flexibility index (Phi) is 14.7. The van der Waals surface area contributed by atoms with Gasteiger partial charge < -0.3 is 15.1 Å². The number of phenols is 1. The first-order valence-corrected chi connectivity index (χ1v) is 11.6. The first-order chi connectivity index (χ1) is 18.3. The normalized spacial score (nSPS) is 8.95. The molecule has 5 heteroatoms. The van der Waals surface area contributed by atoms with Crippen molar-refractivity contribution in [1.82, 2.24) is 15.0 Å². The molecule has 0 atom stereocenters. The Hall–Kier alpha value is -4.44. The van der Waals surface area contributed by atoms with Gasteiger partial charge in [-0.1, -0.05) is 30.3 Å². The summed E-state index contributed by atoms with van der Waals surface area (Å²) in [5.74, 6) is 0.291. The topological polar surface area (TPSA) is 58.9 Å². The Balaban J connectivity index is 0.000000184. The van der Waals surface area contributed by atoms with Crippen LogP contribution in [0.5, 0.6) is 5.75 Å². The van der Waals surface area contributed by atoms with Gasteiger partial charge in [0.2, 0.25) is 0 Å². The third-order valence-corrected chi connectivity index (χ3v) is 4.57. The van der Waals surface area contributed by atoms with Crippen LogP contribution in [0.15, 0.2) is 152 Å². The maximum atomic E-state index is 8.61. The molecule has 0 spiro atoms. The fourth-order valence-corrected chi connectivity index (χ4v) is 2.84. The second-order valence-corrected chi connectivity index (χ2v) is 7.27. The third-order valence-electron chi connectivity index (χ3n) is 4.57. The average Bonchev–Trinajstić information content (AvgIpc) is 3.01. The van der Waals surface area contributed by atoms with E-state index in [-0.39, 0.29) is 20.1 Å². The van der Waals surface area contributed by atoms with Crippen LogP contribution < -0.4 is 0 Å². The predicted octanol–water partition coefficient (Wildman–Crippen LogP) is 7.37. The molecule has 0 radical (unpaired) electrons. The number of hydrogen-bond donors (Lipinski definition) is 1. The van der Waals surface area contributed by atoms with Crippen molar-refractivity contribution in [2.24, 2.45) is 0 Å². The van der Waals surface area contributed by atoms with E-state index >= 15 is 0 Å². The molecule has 0 saturated heterocycles. The Morgan fingerprint density at radius 3 is 1.24 bits per heavy atom. The van der Waals surface area contributed by atoms with Crippen LogP contribution in [0.3, 0.4) is 0 Å². The van der Waals surface area contributed by atoms with Crippen LogP contribution in [0.1, 0.15) is 0 Å². The van der Waals surface area contributed by atoms with Crippen molar-refractivity contribution in [3.8, 4) is 28.3 Å². The molecule has 0 unspecified atom stereocenters. The fraction of sp³-hybridized carbons (Fsp3) is 0. The Morgan fingerprint density at radius 1 is 0.474 bits per heavy atom. The summed E-state index contributed by atoms with van der Waals surface area (Å²) in [4.78, 5) is 12.2. The summed E-state index contributed by atoms with van der Waals surface area (Å²) in [5, 5.41) is 8.61. The van der Waals surface area contributed by atoms with Crippen molar-refractivity contribution in [2.75, 3.05) is 0 Å². The van der Waals surface area contributed by atoms with Crippen molar-refractivity contribution >= 4 is 0 Å². The zero-order chi connectivity index (χ0) is 25.8. The van der Waals surface area contributed by atoms with E-state index < -0.39 is 0 Å². The molecule has 0 saturated carbocycles. The van der Waals surface area contributed by atoms with Crippen LogP contribution in [0.4, 0.5) is 0 Å². The molecule has 6 rings (SSSR count). The SMILES string of the molecule is Oc1cc[c-]cc1.[Ir+3].[c-]1ccccc1-c1ccccn1.[c-]1ccccc1-c1ccccn1.c1ccncc1. The fourth-order valence-electron chi connectivity index (χ4n) is 2.84. The smallest absolute Gasteiger partial charge is 0.533 e. The van der Waals surface area contributed by atoms with Gasteiger partial charge in [0.25, 0.3) is 0 Å². The number of nitrogens with zero attached hydrogens (tertiary/aromatic N) is 3. The summed E-state index contributed by atoms with van der Waals surface area (Å²) < 4.78 is 0. The van der Waals surface area contributed by atoms with E-state index in [0.717, 1.165) is 22.5 Å². The summed E-state index contributed by atoms with van der Waals surface area (Å²) >= 11 is 0. The van der Waals surface area contributed by atoms with Gasteiger partial charge in [-0.15, -0.1) is 83.9 Å². The molecule has 0 fully saturated rings. The molecule has 3 aromatic carbocycles. The molecule has 0 aliphatic heterocycles. The van der Waals surface area contributed by atoms with Gasteiger partial charge in [-0.05, 0) is 35.7 Å². The molecule has 0 aliphatic rings. The number of benzene rings is 3. The van der Waals surface area contributed by atoms with Crippen LogP contribution >= 0.6 is 0 Å².